The maximum atomic E-state index is 12.1. The van der Waals surface area contributed by atoms with Crippen LogP contribution in [0.25, 0.3) is 5.69 Å². The van der Waals surface area contributed by atoms with Gasteiger partial charge in [0.05, 0.1) is 5.69 Å². The summed E-state index contributed by atoms with van der Waals surface area (Å²) in [5, 5.41) is 22.3. The molecule has 0 aliphatic carbocycles. The predicted octanol–water partition coefficient (Wildman–Crippen LogP) is 1.43. The van der Waals surface area contributed by atoms with Crippen molar-refractivity contribution in [3.05, 3.63) is 36.2 Å². The summed E-state index contributed by atoms with van der Waals surface area (Å²) in [5.74, 6) is -0.911. The van der Waals surface area contributed by atoms with E-state index in [9.17, 15) is 9.59 Å². The van der Waals surface area contributed by atoms with Gasteiger partial charge in [-0.05, 0) is 41.5 Å². The van der Waals surface area contributed by atoms with E-state index in [4.69, 9.17) is 5.11 Å². The molecule has 8 nitrogen and oxygen atoms in total. The largest absolute Gasteiger partial charge is 0.481 e. The molecule has 1 amide bonds. The lowest BCUT2D eigenvalue weighted by Crippen LogP contribution is -2.24. The standard InChI is InChI=1S/C15H19N5O3/c21-14(22)8-3-1-2-4-9-16-15(23)12-6-5-7-13(10-12)20-11-17-18-19-20/h5-7,10-11H,1-4,8-9H2,(H,16,23)(H,21,22). The Morgan fingerprint density at radius 2 is 2.00 bits per heavy atom. The van der Waals surface area contributed by atoms with Gasteiger partial charge in [0.15, 0.2) is 0 Å². The van der Waals surface area contributed by atoms with E-state index >= 15 is 0 Å². The summed E-state index contributed by atoms with van der Waals surface area (Å²) in [4.78, 5) is 22.5. The highest BCUT2D eigenvalue weighted by molar-refractivity contribution is 5.94. The number of tetrazole rings is 1. The van der Waals surface area contributed by atoms with E-state index in [0.717, 1.165) is 24.9 Å². The van der Waals surface area contributed by atoms with Gasteiger partial charge < -0.3 is 10.4 Å². The number of carboxylic acids is 1. The van der Waals surface area contributed by atoms with Crippen molar-refractivity contribution in [3.8, 4) is 5.69 Å². The van der Waals surface area contributed by atoms with Crippen molar-refractivity contribution in [3.63, 3.8) is 0 Å². The van der Waals surface area contributed by atoms with Crippen molar-refractivity contribution in [1.82, 2.24) is 25.5 Å². The number of aliphatic carboxylic acids is 1. The van der Waals surface area contributed by atoms with E-state index in [2.05, 4.69) is 20.8 Å². The number of nitrogens with one attached hydrogen (secondary N) is 1. The van der Waals surface area contributed by atoms with Crippen LogP contribution in [0.5, 0.6) is 0 Å². The first-order valence-corrected chi connectivity index (χ1v) is 7.50. The predicted molar refractivity (Wildman–Crippen MR) is 82.2 cm³/mol. The molecule has 1 aromatic heterocycles. The topological polar surface area (TPSA) is 110 Å². The molecular weight excluding hydrogens is 298 g/mol. The van der Waals surface area contributed by atoms with Gasteiger partial charge in [0.25, 0.3) is 5.91 Å². The molecule has 0 unspecified atom stereocenters. The molecule has 0 aliphatic rings. The maximum absolute atomic E-state index is 12.1. The molecule has 2 N–H and O–H groups in total. The van der Waals surface area contributed by atoms with Crippen LogP contribution in [0.1, 0.15) is 42.5 Å². The Hall–Kier alpha value is -2.77. The normalized spacial score (nSPS) is 10.4. The summed E-state index contributed by atoms with van der Waals surface area (Å²) in [6.07, 6.45) is 4.94. The molecule has 0 spiro atoms. The summed E-state index contributed by atoms with van der Waals surface area (Å²) < 4.78 is 1.49. The maximum Gasteiger partial charge on any atom is 0.303 e. The number of carboxylic acid groups (broad SMARTS) is 1. The van der Waals surface area contributed by atoms with Gasteiger partial charge in [-0.25, -0.2) is 4.68 Å². The summed E-state index contributed by atoms with van der Waals surface area (Å²) in [6, 6.07) is 7.04. The molecule has 0 saturated carbocycles. The van der Waals surface area contributed by atoms with Gasteiger partial charge in [0.2, 0.25) is 0 Å². The zero-order valence-electron chi connectivity index (χ0n) is 12.7. The monoisotopic (exact) mass is 317 g/mol. The number of carbonyl (C=O) groups is 2. The fourth-order valence-corrected chi connectivity index (χ4v) is 2.13. The molecule has 2 aromatic rings. The summed E-state index contributed by atoms with van der Waals surface area (Å²) in [6.45, 7) is 0.570. The smallest absolute Gasteiger partial charge is 0.303 e. The molecule has 0 saturated heterocycles. The van der Waals surface area contributed by atoms with Gasteiger partial charge in [-0.3, -0.25) is 9.59 Å². The van der Waals surface area contributed by atoms with Crippen molar-refractivity contribution >= 4 is 11.9 Å². The minimum absolute atomic E-state index is 0.148. The molecule has 0 aliphatic heterocycles. The summed E-state index contributed by atoms with van der Waals surface area (Å²) >= 11 is 0. The summed E-state index contributed by atoms with van der Waals surface area (Å²) in [5.41, 5.74) is 1.26. The van der Waals surface area contributed by atoms with Crippen molar-refractivity contribution in [1.29, 1.82) is 0 Å². The second-order valence-electron chi connectivity index (χ2n) is 5.12. The van der Waals surface area contributed by atoms with Crippen LogP contribution in [-0.2, 0) is 4.79 Å². The Morgan fingerprint density at radius 1 is 1.17 bits per heavy atom. The highest BCUT2D eigenvalue weighted by atomic mass is 16.4. The Bertz CT molecular complexity index is 642. The number of unbranched alkanes of at least 4 members (excludes halogenated alkanes) is 3. The lowest BCUT2D eigenvalue weighted by Gasteiger charge is -2.06. The Labute approximate surface area is 133 Å². The number of benzene rings is 1. The number of nitrogens with zero attached hydrogens (tertiary/aromatic N) is 4. The molecule has 0 fully saturated rings. The highest BCUT2D eigenvalue weighted by Crippen LogP contribution is 2.09. The van der Waals surface area contributed by atoms with E-state index < -0.39 is 5.97 Å². The van der Waals surface area contributed by atoms with Crippen LogP contribution in [-0.4, -0.2) is 43.7 Å². The number of rotatable bonds is 9. The number of hydrogen-bond acceptors (Lipinski definition) is 5. The first-order chi connectivity index (χ1) is 11.2. The third-order valence-electron chi connectivity index (χ3n) is 3.32. The van der Waals surface area contributed by atoms with Crippen LogP contribution in [0.3, 0.4) is 0 Å². The van der Waals surface area contributed by atoms with Crippen molar-refractivity contribution in [2.45, 2.75) is 32.1 Å². The van der Waals surface area contributed by atoms with Gasteiger partial charge in [-0.15, -0.1) is 5.10 Å². The first kappa shape index (κ1) is 16.6. The van der Waals surface area contributed by atoms with Crippen LogP contribution >= 0.6 is 0 Å². The molecule has 23 heavy (non-hydrogen) atoms. The second-order valence-corrected chi connectivity index (χ2v) is 5.12. The minimum atomic E-state index is -0.763. The molecular formula is C15H19N5O3. The van der Waals surface area contributed by atoms with Gasteiger partial charge >= 0.3 is 5.97 Å². The fraction of sp³-hybridized carbons (Fsp3) is 0.400. The Kier molecular flexibility index (Phi) is 6.22. The lowest BCUT2D eigenvalue weighted by atomic mass is 10.1. The van der Waals surface area contributed by atoms with Crippen molar-refractivity contribution in [2.75, 3.05) is 6.54 Å². The first-order valence-electron chi connectivity index (χ1n) is 7.50. The molecule has 122 valence electrons. The van der Waals surface area contributed by atoms with E-state index in [0.29, 0.717) is 18.5 Å². The van der Waals surface area contributed by atoms with Crippen LogP contribution in [0.2, 0.25) is 0 Å². The molecule has 0 radical (unpaired) electrons. The third kappa shape index (κ3) is 5.50. The molecule has 0 atom stereocenters. The van der Waals surface area contributed by atoms with Gasteiger partial charge in [-0.2, -0.15) is 0 Å². The molecule has 1 aromatic carbocycles. The number of aromatic nitrogens is 4. The Morgan fingerprint density at radius 3 is 2.74 bits per heavy atom. The zero-order chi connectivity index (χ0) is 16.5. The van der Waals surface area contributed by atoms with Crippen LogP contribution in [0, 0.1) is 0 Å². The summed E-state index contributed by atoms with van der Waals surface area (Å²) in [7, 11) is 0. The van der Waals surface area contributed by atoms with Crippen molar-refractivity contribution in [2.24, 2.45) is 0 Å². The number of hydrogen-bond donors (Lipinski definition) is 2. The Balaban J connectivity index is 1.74. The van der Waals surface area contributed by atoms with Crippen molar-refractivity contribution < 1.29 is 14.7 Å². The average molecular weight is 317 g/mol. The molecule has 2 rings (SSSR count). The van der Waals surface area contributed by atoms with E-state index in [1.165, 1.54) is 11.0 Å². The third-order valence-corrected chi connectivity index (χ3v) is 3.32. The van der Waals surface area contributed by atoms with Crippen LogP contribution in [0.15, 0.2) is 30.6 Å². The number of carbonyl (C=O) groups excluding carboxylic acids is 1. The van der Waals surface area contributed by atoms with Crippen LogP contribution in [0.4, 0.5) is 0 Å². The average Bonchev–Trinajstić information content (AvgIpc) is 3.08. The molecule has 0 bridgehead atoms. The zero-order valence-corrected chi connectivity index (χ0v) is 12.7. The van der Waals surface area contributed by atoms with E-state index in [1.807, 2.05) is 6.07 Å². The van der Waals surface area contributed by atoms with Crippen LogP contribution < -0.4 is 5.32 Å². The second kappa shape index (κ2) is 8.62. The molecule has 8 heteroatoms. The van der Waals surface area contributed by atoms with Gasteiger partial charge in [-0.1, -0.05) is 18.9 Å². The highest BCUT2D eigenvalue weighted by Gasteiger charge is 2.07. The van der Waals surface area contributed by atoms with E-state index in [1.54, 1.807) is 18.2 Å². The van der Waals surface area contributed by atoms with Gasteiger partial charge in [0, 0.05) is 18.5 Å². The molecule has 1 heterocycles. The minimum Gasteiger partial charge on any atom is -0.481 e. The van der Waals surface area contributed by atoms with E-state index in [-0.39, 0.29) is 12.3 Å². The fourth-order valence-electron chi connectivity index (χ4n) is 2.13. The quantitative estimate of drug-likeness (QED) is 0.677. The number of amides is 1. The SMILES string of the molecule is O=C(O)CCCCCCNC(=O)c1cccc(-n2cnnn2)c1. The lowest BCUT2D eigenvalue weighted by molar-refractivity contribution is -0.137. The van der Waals surface area contributed by atoms with Gasteiger partial charge in [0.1, 0.15) is 6.33 Å².